The third kappa shape index (κ3) is 3.86. The van der Waals surface area contributed by atoms with Crippen molar-refractivity contribution in [2.24, 2.45) is 0 Å². The fraction of sp³-hybridized carbons (Fsp3) is 0.318. The summed E-state index contributed by atoms with van der Waals surface area (Å²) in [4.78, 5) is 41.1. The maximum absolute atomic E-state index is 12.9. The molecule has 3 aromatic rings. The Kier molecular flexibility index (Phi) is 5.41. The van der Waals surface area contributed by atoms with Crippen molar-refractivity contribution in [2.45, 2.75) is 32.0 Å². The number of aromatic nitrogens is 2. The van der Waals surface area contributed by atoms with E-state index in [9.17, 15) is 14.4 Å². The minimum Gasteiger partial charge on any atom is -0.376 e. The van der Waals surface area contributed by atoms with E-state index in [0.29, 0.717) is 6.61 Å². The van der Waals surface area contributed by atoms with E-state index in [1.54, 1.807) is 0 Å². The molecule has 2 unspecified atom stereocenters. The summed E-state index contributed by atoms with van der Waals surface area (Å²) in [7, 11) is 1.45. The number of carbonyl (C=O) groups excluding carboxylic acids is 2. The monoisotopic (exact) mass is 408 g/mol. The molecule has 1 aliphatic rings. The van der Waals surface area contributed by atoms with Crippen LogP contribution in [0.3, 0.4) is 0 Å². The van der Waals surface area contributed by atoms with Gasteiger partial charge in [0.05, 0.1) is 24.3 Å². The average molecular weight is 408 g/mol. The lowest BCUT2D eigenvalue weighted by Crippen LogP contribution is -2.35. The van der Waals surface area contributed by atoms with Gasteiger partial charge in [0.25, 0.3) is 17.4 Å². The van der Waals surface area contributed by atoms with Crippen LogP contribution in [0.25, 0.3) is 10.9 Å². The molecule has 156 valence electrons. The normalized spacial score (nSPS) is 17.7. The number of carbonyl (C=O) groups is 2. The molecule has 0 aliphatic heterocycles. The van der Waals surface area contributed by atoms with Crippen LogP contribution in [0.1, 0.15) is 39.6 Å². The van der Waals surface area contributed by atoms with E-state index in [1.165, 1.54) is 23.9 Å². The number of pyridine rings is 1. The first kappa shape index (κ1) is 19.9. The number of rotatable bonds is 7. The summed E-state index contributed by atoms with van der Waals surface area (Å²) in [5.41, 5.74) is 1.61. The fourth-order valence-electron chi connectivity index (χ4n) is 3.62. The fourth-order valence-corrected chi connectivity index (χ4v) is 3.62. The second kappa shape index (κ2) is 8.16. The molecule has 1 fully saturated rings. The lowest BCUT2D eigenvalue weighted by atomic mass is 10.1. The zero-order chi connectivity index (χ0) is 21.3. The van der Waals surface area contributed by atoms with Gasteiger partial charge in [0.1, 0.15) is 5.56 Å². The van der Waals surface area contributed by atoms with E-state index in [2.05, 4.69) is 15.6 Å². The van der Waals surface area contributed by atoms with Gasteiger partial charge < -0.3 is 24.9 Å². The summed E-state index contributed by atoms with van der Waals surface area (Å²) in [6, 6.07) is 9.01. The number of fused-ring (bicyclic) bond motifs is 1. The molecule has 0 bridgehead atoms. The van der Waals surface area contributed by atoms with Crippen molar-refractivity contribution in [3.63, 3.8) is 0 Å². The first-order chi connectivity index (χ1) is 14.5. The minimum atomic E-state index is -0.526. The zero-order valence-corrected chi connectivity index (χ0v) is 16.9. The standard InChI is InChI=1S/C22H24N4O4/c1-3-30-19-10-18(19)25-20(27)14-9-16(21(28)23-2)22(29)26(12-14)11-13-5-4-6-17-15(13)7-8-24-17/h4-9,12,18-19,24H,3,10-11H2,1-2H3,(H,23,28)(H,25,27). The molecule has 30 heavy (non-hydrogen) atoms. The van der Waals surface area contributed by atoms with Gasteiger partial charge in [0.15, 0.2) is 0 Å². The highest BCUT2D eigenvalue weighted by atomic mass is 16.5. The summed E-state index contributed by atoms with van der Waals surface area (Å²) in [6.45, 7) is 2.74. The molecule has 0 radical (unpaired) electrons. The Morgan fingerprint density at radius 1 is 1.27 bits per heavy atom. The quantitative estimate of drug-likeness (QED) is 0.553. The van der Waals surface area contributed by atoms with Crippen molar-refractivity contribution < 1.29 is 14.3 Å². The topological polar surface area (TPSA) is 105 Å². The largest absolute Gasteiger partial charge is 0.376 e. The molecular weight excluding hydrogens is 384 g/mol. The van der Waals surface area contributed by atoms with Gasteiger partial charge in [-0.25, -0.2) is 0 Å². The number of hydrogen-bond donors (Lipinski definition) is 3. The Hall–Kier alpha value is -3.39. The molecule has 2 atom stereocenters. The van der Waals surface area contributed by atoms with Crippen LogP contribution in [-0.4, -0.2) is 47.2 Å². The van der Waals surface area contributed by atoms with Crippen LogP contribution in [0.4, 0.5) is 0 Å². The van der Waals surface area contributed by atoms with Gasteiger partial charge in [-0.15, -0.1) is 0 Å². The van der Waals surface area contributed by atoms with Gasteiger partial charge in [0, 0.05) is 37.0 Å². The smallest absolute Gasteiger partial charge is 0.263 e. The van der Waals surface area contributed by atoms with Crippen molar-refractivity contribution >= 4 is 22.7 Å². The summed E-state index contributed by atoms with van der Waals surface area (Å²) >= 11 is 0. The van der Waals surface area contributed by atoms with Crippen LogP contribution in [0.15, 0.2) is 47.5 Å². The van der Waals surface area contributed by atoms with E-state index in [-0.39, 0.29) is 35.7 Å². The molecule has 8 nitrogen and oxygen atoms in total. The second-order valence-electron chi connectivity index (χ2n) is 7.32. The average Bonchev–Trinajstić information content (AvgIpc) is 3.27. The Balaban J connectivity index is 1.68. The van der Waals surface area contributed by atoms with E-state index < -0.39 is 11.5 Å². The summed E-state index contributed by atoms with van der Waals surface area (Å²) in [5, 5.41) is 6.37. The third-order valence-electron chi connectivity index (χ3n) is 5.27. The van der Waals surface area contributed by atoms with Gasteiger partial charge in [0.2, 0.25) is 0 Å². The number of nitrogens with zero attached hydrogens (tertiary/aromatic N) is 1. The number of amides is 2. The van der Waals surface area contributed by atoms with E-state index >= 15 is 0 Å². The molecule has 2 aromatic heterocycles. The molecule has 1 aliphatic carbocycles. The predicted octanol–water partition coefficient (Wildman–Crippen LogP) is 1.64. The van der Waals surface area contributed by atoms with E-state index in [4.69, 9.17) is 4.74 Å². The molecule has 0 spiro atoms. The van der Waals surface area contributed by atoms with Gasteiger partial charge in [-0.3, -0.25) is 14.4 Å². The maximum Gasteiger partial charge on any atom is 0.263 e. The number of aromatic amines is 1. The number of H-pyrrole nitrogens is 1. The van der Waals surface area contributed by atoms with Crippen molar-refractivity contribution in [3.8, 4) is 0 Å². The molecule has 4 rings (SSSR count). The maximum atomic E-state index is 12.9. The SMILES string of the molecule is CCOC1CC1NC(=O)c1cc(C(=O)NC)c(=O)n(Cc2cccc3[nH]ccc23)c1. The number of benzene rings is 1. The number of hydrogen-bond acceptors (Lipinski definition) is 4. The first-order valence-electron chi connectivity index (χ1n) is 9.95. The third-order valence-corrected chi connectivity index (χ3v) is 5.27. The first-order valence-corrected chi connectivity index (χ1v) is 9.95. The van der Waals surface area contributed by atoms with Crippen LogP contribution in [0.5, 0.6) is 0 Å². The van der Waals surface area contributed by atoms with Gasteiger partial charge in [-0.2, -0.15) is 0 Å². The predicted molar refractivity (Wildman–Crippen MR) is 113 cm³/mol. The minimum absolute atomic E-state index is 0.0226. The van der Waals surface area contributed by atoms with Gasteiger partial charge >= 0.3 is 0 Å². The van der Waals surface area contributed by atoms with Crippen LogP contribution >= 0.6 is 0 Å². The van der Waals surface area contributed by atoms with Crippen molar-refractivity contribution in [1.29, 1.82) is 0 Å². The van der Waals surface area contributed by atoms with E-state index in [0.717, 1.165) is 22.9 Å². The Bertz CT molecular complexity index is 1160. The highest BCUT2D eigenvalue weighted by Crippen LogP contribution is 2.25. The number of nitrogens with one attached hydrogen (secondary N) is 3. The van der Waals surface area contributed by atoms with E-state index in [1.807, 2.05) is 37.4 Å². The molecule has 2 amide bonds. The zero-order valence-electron chi connectivity index (χ0n) is 16.9. The lowest BCUT2D eigenvalue weighted by molar-refractivity contribution is 0.0914. The Labute approximate surface area is 173 Å². The molecular formula is C22H24N4O4. The van der Waals surface area contributed by atoms with Crippen molar-refractivity contribution in [3.05, 3.63) is 69.8 Å². The Morgan fingerprint density at radius 2 is 2.10 bits per heavy atom. The molecule has 3 N–H and O–H groups in total. The molecule has 1 aromatic carbocycles. The highest BCUT2D eigenvalue weighted by Gasteiger charge is 2.39. The van der Waals surface area contributed by atoms with Crippen LogP contribution in [0.2, 0.25) is 0 Å². The number of ether oxygens (including phenoxy) is 1. The van der Waals surface area contributed by atoms with Gasteiger partial charge in [-0.1, -0.05) is 12.1 Å². The van der Waals surface area contributed by atoms with Crippen molar-refractivity contribution in [1.82, 2.24) is 20.2 Å². The summed E-state index contributed by atoms with van der Waals surface area (Å²) in [5.74, 6) is -0.858. The van der Waals surface area contributed by atoms with Crippen molar-refractivity contribution in [2.75, 3.05) is 13.7 Å². The highest BCUT2D eigenvalue weighted by molar-refractivity contribution is 5.99. The Morgan fingerprint density at radius 3 is 2.87 bits per heavy atom. The molecule has 2 heterocycles. The molecule has 1 saturated carbocycles. The second-order valence-corrected chi connectivity index (χ2v) is 7.32. The molecule has 0 saturated heterocycles. The lowest BCUT2D eigenvalue weighted by Gasteiger charge is -2.13. The van der Waals surface area contributed by atoms with Crippen LogP contribution in [0, 0.1) is 0 Å². The summed E-state index contributed by atoms with van der Waals surface area (Å²) < 4.78 is 6.91. The molecule has 8 heteroatoms. The van der Waals surface area contributed by atoms with Crippen LogP contribution in [-0.2, 0) is 11.3 Å². The summed E-state index contributed by atoms with van der Waals surface area (Å²) in [6.07, 6.45) is 4.13. The van der Waals surface area contributed by atoms with Crippen LogP contribution < -0.4 is 16.2 Å². The van der Waals surface area contributed by atoms with Gasteiger partial charge in [-0.05, 0) is 37.1 Å².